The molecular formula is C10H21N3O. The van der Waals surface area contributed by atoms with Gasteiger partial charge in [0.15, 0.2) is 0 Å². The third kappa shape index (κ3) is 7.99. The molecule has 0 aromatic heterocycles. The van der Waals surface area contributed by atoms with E-state index in [1.165, 1.54) is 0 Å². The number of nitriles is 1. The van der Waals surface area contributed by atoms with Gasteiger partial charge in [0, 0.05) is 32.1 Å². The van der Waals surface area contributed by atoms with Crippen molar-refractivity contribution in [3.63, 3.8) is 0 Å². The van der Waals surface area contributed by atoms with Gasteiger partial charge in [0.1, 0.15) is 0 Å². The van der Waals surface area contributed by atoms with E-state index in [9.17, 15) is 5.11 Å². The van der Waals surface area contributed by atoms with Gasteiger partial charge < -0.3 is 15.3 Å². The Morgan fingerprint density at radius 1 is 1.50 bits per heavy atom. The Kier molecular flexibility index (Phi) is 7.40. The first-order valence-corrected chi connectivity index (χ1v) is 5.03. The minimum atomic E-state index is -0.360. The molecule has 0 aliphatic carbocycles. The van der Waals surface area contributed by atoms with Crippen LogP contribution in [0.25, 0.3) is 0 Å². The molecule has 4 nitrogen and oxygen atoms in total. The average Bonchev–Trinajstić information content (AvgIpc) is 2.11. The summed E-state index contributed by atoms with van der Waals surface area (Å²) in [6, 6.07) is 2.48. The Balaban J connectivity index is 3.50. The Bertz CT molecular complexity index is 177. The fourth-order valence-corrected chi connectivity index (χ4v) is 1.13. The van der Waals surface area contributed by atoms with Crippen LogP contribution in [0.3, 0.4) is 0 Å². The molecule has 0 rings (SSSR count). The number of likely N-dealkylation sites (N-methyl/N-ethyl adjacent to an activating group) is 1. The molecule has 0 aromatic rings. The van der Waals surface area contributed by atoms with Gasteiger partial charge in [-0.05, 0) is 7.05 Å². The number of hydrogen-bond acceptors (Lipinski definition) is 4. The average molecular weight is 199 g/mol. The normalized spacial score (nSPS) is 13.2. The molecule has 1 atom stereocenters. The summed E-state index contributed by atoms with van der Waals surface area (Å²) in [6.07, 6.45) is 0.155. The predicted molar refractivity (Wildman–Crippen MR) is 56.9 cm³/mol. The van der Waals surface area contributed by atoms with Gasteiger partial charge in [-0.15, -0.1) is 0 Å². The maximum Gasteiger partial charge on any atom is 0.0791 e. The molecule has 0 aliphatic rings. The summed E-state index contributed by atoms with van der Waals surface area (Å²) in [6.45, 7) is 6.03. The van der Waals surface area contributed by atoms with Crippen LogP contribution < -0.4 is 5.32 Å². The summed E-state index contributed by atoms with van der Waals surface area (Å²) < 4.78 is 0. The molecule has 0 saturated carbocycles. The van der Waals surface area contributed by atoms with Crippen molar-refractivity contribution in [3.8, 4) is 6.07 Å². The summed E-state index contributed by atoms with van der Waals surface area (Å²) >= 11 is 0. The van der Waals surface area contributed by atoms with Crippen molar-refractivity contribution in [2.75, 3.05) is 26.7 Å². The number of nitrogens with zero attached hydrogens (tertiary/aromatic N) is 2. The number of nitrogens with one attached hydrogen (secondary N) is 1. The highest BCUT2D eigenvalue weighted by Crippen LogP contribution is 1.91. The van der Waals surface area contributed by atoms with Gasteiger partial charge in [-0.3, -0.25) is 0 Å². The van der Waals surface area contributed by atoms with E-state index in [4.69, 9.17) is 5.26 Å². The predicted octanol–water partition coefficient (Wildman–Crippen LogP) is 0.191. The summed E-state index contributed by atoms with van der Waals surface area (Å²) in [5.74, 6) is 0. The van der Waals surface area contributed by atoms with E-state index < -0.39 is 0 Å². The molecule has 1 unspecified atom stereocenters. The second-order valence-electron chi connectivity index (χ2n) is 3.89. The largest absolute Gasteiger partial charge is 0.390 e. The van der Waals surface area contributed by atoms with Crippen LogP contribution in [0.5, 0.6) is 0 Å². The van der Waals surface area contributed by atoms with E-state index in [1.54, 1.807) is 0 Å². The van der Waals surface area contributed by atoms with Crippen LogP contribution in [-0.4, -0.2) is 48.8 Å². The maximum absolute atomic E-state index is 9.58. The lowest BCUT2D eigenvalue weighted by atomic mass is 10.3. The topological polar surface area (TPSA) is 59.3 Å². The summed E-state index contributed by atoms with van der Waals surface area (Å²) in [5, 5.41) is 21.1. The van der Waals surface area contributed by atoms with Crippen molar-refractivity contribution in [3.05, 3.63) is 0 Å². The van der Waals surface area contributed by atoms with Crippen molar-refractivity contribution < 1.29 is 5.11 Å². The van der Waals surface area contributed by atoms with Crippen LogP contribution >= 0.6 is 0 Å². The lowest BCUT2D eigenvalue weighted by Gasteiger charge is -2.20. The molecule has 0 radical (unpaired) electrons. The van der Waals surface area contributed by atoms with Crippen LogP contribution in [-0.2, 0) is 0 Å². The fourth-order valence-electron chi connectivity index (χ4n) is 1.13. The van der Waals surface area contributed by atoms with Crippen molar-refractivity contribution >= 4 is 0 Å². The van der Waals surface area contributed by atoms with Gasteiger partial charge in [-0.2, -0.15) is 5.26 Å². The number of aliphatic hydroxyl groups excluding tert-OH is 1. The minimum Gasteiger partial charge on any atom is -0.390 e. The molecule has 14 heavy (non-hydrogen) atoms. The molecule has 0 amide bonds. The molecule has 0 saturated heterocycles. The van der Waals surface area contributed by atoms with Crippen molar-refractivity contribution in [1.29, 1.82) is 5.26 Å². The Morgan fingerprint density at radius 3 is 2.64 bits per heavy atom. The van der Waals surface area contributed by atoms with Gasteiger partial charge in [0.2, 0.25) is 0 Å². The first-order valence-electron chi connectivity index (χ1n) is 5.03. The zero-order valence-corrected chi connectivity index (χ0v) is 9.32. The van der Waals surface area contributed by atoms with E-state index in [0.717, 1.165) is 6.54 Å². The lowest BCUT2D eigenvalue weighted by molar-refractivity contribution is 0.123. The quantitative estimate of drug-likeness (QED) is 0.614. The highest BCUT2D eigenvalue weighted by Gasteiger charge is 2.07. The Morgan fingerprint density at radius 2 is 2.14 bits per heavy atom. The summed E-state index contributed by atoms with van der Waals surface area (Å²) in [4.78, 5) is 1.97. The van der Waals surface area contributed by atoms with Gasteiger partial charge >= 0.3 is 0 Å². The minimum absolute atomic E-state index is 0.360. The fraction of sp³-hybridized carbons (Fsp3) is 0.900. The van der Waals surface area contributed by atoms with Gasteiger partial charge in [-0.25, -0.2) is 0 Å². The van der Waals surface area contributed by atoms with Crippen LogP contribution in [0.15, 0.2) is 0 Å². The molecule has 0 heterocycles. The third-order valence-corrected chi connectivity index (χ3v) is 1.89. The van der Waals surface area contributed by atoms with E-state index in [1.807, 2.05) is 25.8 Å². The number of hydrogen-bond donors (Lipinski definition) is 2. The zero-order chi connectivity index (χ0) is 11.0. The van der Waals surface area contributed by atoms with Crippen molar-refractivity contribution in [1.82, 2.24) is 10.2 Å². The van der Waals surface area contributed by atoms with Gasteiger partial charge in [0.25, 0.3) is 0 Å². The van der Waals surface area contributed by atoms with E-state index in [2.05, 4.69) is 11.4 Å². The third-order valence-electron chi connectivity index (χ3n) is 1.89. The standard InChI is InChI=1S/C10H21N3O/c1-9(2)12-7-10(14)8-13(3)6-4-5-11/h9-10,12,14H,4,6-8H2,1-3H3. The molecular weight excluding hydrogens is 178 g/mol. The summed E-state index contributed by atoms with van der Waals surface area (Å²) in [5.41, 5.74) is 0. The second kappa shape index (κ2) is 7.74. The second-order valence-corrected chi connectivity index (χ2v) is 3.89. The Hall–Kier alpha value is -0.630. The molecule has 82 valence electrons. The zero-order valence-electron chi connectivity index (χ0n) is 9.32. The SMILES string of the molecule is CC(C)NCC(O)CN(C)CCC#N. The molecule has 0 bridgehead atoms. The smallest absolute Gasteiger partial charge is 0.0791 e. The monoisotopic (exact) mass is 199 g/mol. The highest BCUT2D eigenvalue weighted by atomic mass is 16.3. The van der Waals surface area contributed by atoms with Crippen LogP contribution in [0.2, 0.25) is 0 Å². The number of aliphatic hydroxyl groups is 1. The van der Waals surface area contributed by atoms with Gasteiger partial charge in [-0.1, -0.05) is 13.8 Å². The van der Waals surface area contributed by atoms with Crippen molar-refractivity contribution in [2.24, 2.45) is 0 Å². The van der Waals surface area contributed by atoms with Crippen LogP contribution in [0.1, 0.15) is 20.3 Å². The molecule has 0 aliphatic heterocycles. The summed E-state index contributed by atoms with van der Waals surface area (Å²) in [7, 11) is 1.91. The first-order chi connectivity index (χ1) is 6.56. The van der Waals surface area contributed by atoms with Crippen LogP contribution in [0.4, 0.5) is 0 Å². The number of rotatable bonds is 7. The molecule has 4 heteroatoms. The van der Waals surface area contributed by atoms with Crippen molar-refractivity contribution in [2.45, 2.75) is 32.4 Å². The molecule has 2 N–H and O–H groups in total. The van der Waals surface area contributed by atoms with Gasteiger partial charge in [0.05, 0.1) is 12.2 Å². The van der Waals surface area contributed by atoms with Crippen LogP contribution in [0, 0.1) is 11.3 Å². The van der Waals surface area contributed by atoms with E-state index in [-0.39, 0.29) is 6.10 Å². The molecule has 0 fully saturated rings. The maximum atomic E-state index is 9.58. The van der Waals surface area contributed by atoms with E-state index >= 15 is 0 Å². The highest BCUT2D eigenvalue weighted by molar-refractivity contribution is 4.73. The lowest BCUT2D eigenvalue weighted by Crippen LogP contribution is -2.39. The van der Waals surface area contributed by atoms with E-state index in [0.29, 0.717) is 25.6 Å². The first kappa shape index (κ1) is 13.4. The molecule has 0 aromatic carbocycles. The Labute approximate surface area is 86.5 Å². The molecule has 0 spiro atoms.